The number of nitrogens with zero attached hydrogens (tertiary/aromatic N) is 6. The molecule has 1 aliphatic carbocycles. The van der Waals surface area contributed by atoms with Crippen molar-refractivity contribution >= 4 is 17.6 Å². The minimum atomic E-state index is -3.18. The summed E-state index contributed by atoms with van der Waals surface area (Å²) in [7, 11) is 1.34. The Bertz CT molecular complexity index is 1440. The van der Waals surface area contributed by atoms with Crippen molar-refractivity contribution in [3.63, 3.8) is 0 Å². The summed E-state index contributed by atoms with van der Waals surface area (Å²) < 4.78 is 93.5. The summed E-state index contributed by atoms with van der Waals surface area (Å²) >= 11 is 0. The van der Waals surface area contributed by atoms with Gasteiger partial charge in [-0.1, -0.05) is 0 Å². The zero-order valence-electron chi connectivity index (χ0n) is 22.1. The van der Waals surface area contributed by atoms with E-state index in [0.717, 1.165) is 4.90 Å². The largest absolute Gasteiger partial charge is 0.382 e. The van der Waals surface area contributed by atoms with E-state index in [4.69, 9.17) is 4.74 Å². The SMILES string of the molecule is COC[C@H](c1cnn2cc([C@@H](NC(=O)c3nonc3C(F)F)C3CCC(F)(F)CC3)nc2c1)N1CC(F)(F)CNC1=O. The Morgan fingerprint density at radius 2 is 1.95 bits per heavy atom. The van der Waals surface area contributed by atoms with Crippen LogP contribution in [-0.2, 0) is 4.74 Å². The molecule has 0 bridgehead atoms. The van der Waals surface area contributed by atoms with Crippen LogP contribution in [0.3, 0.4) is 0 Å². The normalized spacial score (nSPS) is 20.5. The van der Waals surface area contributed by atoms with Crippen molar-refractivity contribution in [3.05, 3.63) is 41.1 Å². The molecule has 0 radical (unpaired) electrons. The molecule has 0 aromatic carbocycles. The van der Waals surface area contributed by atoms with Crippen LogP contribution in [0.25, 0.3) is 5.65 Å². The lowest BCUT2D eigenvalue weighted by Gasteiger charge is -2.38. The van der Waals surface area contributed by atoms with E-state index in [1.54, 1.807) is 0 Å². The van der Waals surface area contributed by atoms with Crippen molar-refractivity contribution in [1.82, 2.24) is 40.4 Å². The fourth-order valence-corrected chi connectivity index (χ4v) is 5.24. The van der Waals surface area contributed by atoms with Gasteiger partial charge in [-0.3, -0.25) is 4.79 Å². The second-order valence-electron chi connectivity index (χ2n) is 10.3. The van der Waals surface area contributed by atoms with E-state index in [-0.39, 0.29) is 30.8 Å². The molecule has 0 spiro atoms. The van der Waals surface area contributed by atoms with Crippen molar-refractivity contribution in [2.24, 2.45) is 5.92 Å². The minimum absolute atomic E-state index is 0.00252. The van der Waals surface area contributed by atoms with E-state index >= 15 is 0 Å². The number of amides is 3. The molecule has 3 aromatic heterocycles. The monoisotopic (exact) mass is 604 g/mol. The summed E-state index contributed by atoms with van der Waals surface area (Å²) in [6.45, 7) is -1.79. The highest BCUT2D eigenvalue weighted by molar-refractivity contribution is 5.93. The number of methoxy groups -OCH3 is 1. The summed E-state index contributed by atoms with van der Waals surface area (Å²) in [6.07, 6.45) is -1.28. The number of nitrogens with one attached hydrogen (secondary N) is 2. The number of carbonyl (C=O) groups is 2. The standard InChI is InChI=1S/C24H26F6N8O4/c1-41-9-15(37-11-24(29,30)10-31-22(37)40)13-6-16-33-14(8-38(16)32-7-13)17(12-2-4-23(27,28)5-3-12)34-21(39)19-18(20(25)26)35-42-36-19/h6-8,12,15,17,20H,2-5,9-11H2,1H3,(H,31,40)(H,34,39)/t15-,17+/m1/s1. The van der Waals surface area contributed by atoms with Crippen LogP contribution >= 0.6 is 0 Å². The van der Waals surface area contributed by atoms with Gasteiger partial charge in [0.15, 0.2) is 11.3 Å². The van der Waals surface area contributed by atoms with E-state index in [1.807, 2.05) is 0 Å². The zero-order chi connectivity index (χ0) is 30.2. The molecule has 3 aromatic rings. The molecule has 2 fully saturated rings. The third kappa shape index (κ3) is 6.12. The molecule has 2 aliphatic rings. The zero-order valence-corrected chi connectivity index (χ0v) is 22.1. The molecule has 1 aliphatic heterocycles. The van der Waals surface area contributed by atoms with Gasteiger partial charge >= 0.3 is 6.03 Å². The topological polar surface area (TPSA) is 140 Å². The van der Waals surface area contributed by atoms with Crippen molar-refractivity contribution < 1.29 is 45.3 Å². The van der Waals surface area contributed by atoms with Gasteiger partial charge in [-0.25, -0.2) is 45.3 Å². The summed E-state index contributed by atoms with van der Waals surface area (Å²) in [6, 6.07) is -1.19. The highest BCUT2D eigenvalue weighted by atomic mass is 19.3. The number of aromatic nitrogens is 5. The number of hydrogen-bond acceptors (Lipinski definition) is 8. The predicted octanol–water partition coefficient (Wildman–Crippen LogP) is 3.69. The lowest BCUT2D eigenvalue weighted by Crippen LogP contribution is -2.58. The quantitative estimate of drug-likeness (QED) is 0.353. The second kappa shape index (κ2) is 11.4. The molecule has 4 heterocycles. The van der Waals surface area contributed by atoms with Crippen LogP contribution in [0, 0.1) is 5.92 Å². The highest BCUT2D eigenvalue weighted by Crippen LogP contribution is 2.41. The van der Waals surface area contributed by atoms with Crippen molar-refractivity contribution in [2.75, 3.05) is 26.8 Å². The molecular formula is C24H26F6N8O4. The molecule has 5 rings (SSSR count). The predicted molar refractivity (Wildman–Crippen MR) is 129 cm³/mol. The third-order valence-corrected chi connectivity index (χ3v) is 7.38. The maximum atomic E-state index is 14.1. The van der Waals surface area contributed by atoms with Gasteiger partial charge in [0.2, 0.25) is 11.6 Å². The van der Waals surface area contributed by atoms with E-state index in [2.05, 4.69) is 35.7 Å². The molecule has 2 atom stereocenters. The second-order valence-corrected chi connectivity index (χ2v) is 10.3. The molecule has 1 saturated carbocycles. The summed E-state index contributed by atoms with van der Waals surface area (Å²) in [5, 5.41) is 15.3. The molecule has 0 unspecified atom stereocenters. The van der Waals surface area contributed by atoms with Crippen LogP contribution in [0.4, 0.5) is 31.1 Å². The first-order valence-corrected chi connectivity index (χ1v) is 12.9. The molecule has 12 nitrogen and oxygen atoms in total. The van der Waals surface area contributed by atoms with Gasteiger partial charge < -0.3 is 20.3 Å². The Balaban J connectivity index is 1.47. The molecule has 1 saturated heterocycles. The van der Waals surface area contributed by atoms with Crippen LogP contribution in [-0.4, -0.2) is 80.4 Å². The van der Waals surface area contributed by atoms with Crippen LogP contribution in [0.5, 0.6) is 0 Å². The Hall–Kier alpha value is -3.96. The first kappa shape index (κ1) is 29.5. The fourth-order valence-electron chi connectivity index (χ4n) is 5.24. The summed E-state index contributed by atoms with van der Waals surface area (Å²) in [5.41, 5.74) is -1.03. The first-order valence-electron chi connectivity index (χ1n) is 12.9. The number of hydrogen-bond donors (Lipinski definition) is 2. The lowest BCUT2D eigenvalue weighted by atomic mass is 9.81. The van der Waals surface area contributed by atoms with Gasteiger partial charge in [-0.05, 0) is 35.1 Å². The van der Waals surface area contributed by atoms with Gasteiger partial charge in [0.25, 0.3) is 18.3 Å². The number of imidazole rings is 1. The number of ether oxygens (including phenoxy) is 1. The van der Waals surface area contributed by atoms with E-state index < -0.39 is 85.5 Å². The fraction of sp³-hybridized carbons (Fsp3) is 0.583. The van der Waals surface area contributed by atoms with Crippen LogP contribution in [0.1, 0.15) is 71.6 Å². The third-order valence-electron chi connectivity index (χ3n) is 7.38. The first-order chi connectivity index (χ1) is 19.9. The molecular weight excluding hydrogens is 578 g/mol. The Morgan fingerprint density at radius 1 is 1.21 bits per heavy atom. The maximum absolute atomic E-state index is 14.1. The Labute approximate surface area is 233 Å². The number of carbonyl (C=O) groups excluding carboxylic acids is 2. The summed E-state index contributed by atoms with van der Waals surface area (Å²) in [4.78, 5) is 30.8. The number of urea groups is 1. The average Bonchev–Trinajstić information content (AvgIpc) is 3.59. The van der Waals surface area contributed by atoms with E-state index in [0.29, 0.717) is 5.56 Å². The van der Waals surface area contributed by atoms with Gasteiger partial charge in [-0.15, -0.1) is 0 Å². The minimum Gasteiger partial charge on any atom is -0.382 e. The highest BCUT2D eigenvalue weighted by Gasteiger charge is 2.43. The number of rotatable bonds is 9. The van der Waals surface area contributed by atoms with Crippen LogP contribution in [0.15, 0.2) is 23.1 Å². The number of alkyl halides is 6. The summed E-state index contributed by atoms with van der Waals surface area (Å²) in [5.74, 6) is -7.66. The number of halogens is 6. The van der Waals surface area contributed by atoms with Crippen LogP contribution < -0.4 is 10.6 Å². The molecule has 42 heavy (non-hydrogen) atoms. The Morgan fingerprint density at radius 3 is 2.64 bits per heavy atom. The van der Waals surface area contributed by atoms with Gasteiger partial charge in [0.05, 0.1) is 49.9 Å². The van der Waals surface area contributed by atoms with Gasteiger partial charge in [0.1, 0.15) is 0 Å². The molecule has 18 heteroatoms. The van der Waals surface area contributed by atoms with Crippen molar-refractivity contribution in [3.8, 4) is 0 Å². The maximum Gasteiger partial charge on any atom is 0.318 e. The Kier molecular flexibility index (Phi) is 8.00. The molecule has 3 amide bonds. The van der Waals surface area contributed by atoms with E-state index in [1.165, 1.54) is 30.1 Å². The van der Waals surface area contributed by atoms with E-state index in [9.17, 15) is 35.9 Å². The average molecular weight is 605 g/mol. The van der Waals surface area contributed by atoms with Gasteiger partial charge in [0, 0.05) is 25.5 Å². The van der Waals surface area contributed by atoms with Gasteiger partial charge in [-0.2, -0.15) is 5.10 Å². The molecule has 228 valence electrons. The number of fused-ring (bicyclic) bond motifs is 1. The van der Waals surface area contributed by atoms with Crippen molar-refractivity contribution in [2.45, 2.75) is 56.0 Å². The van der Waals surface area contributed by atoms with Crippen LogP contribution in [0.2, 0.25) is 0 Å². The smallest absolute Gasteiger partial charge is 0.318 e. The molecule has 2 N–H and O–H groups in total. The lowest BCUT2D eigenvalue weighted by molar-refractivity contribution is -0.0510. The van der Waals surface area contributed by atoms with Crippen molar-refractivity contribution in [1.29, 1.82) is 0 Å².